The molecule has 2 aromatic rings. The highest BCUT2D eigenvalue weighted by Crippen LogP contribution is 2.23. The summed E-state index contributed by atoms with van der Waals surface area (Å²) in [5, 5.41) is 3.36. The van der Waals surface area contributed by atoms with Crippen molar-refractivity contribution in [1.29, 1.82) is 0 Å². The molecule has 1 aromatic carbocycles. The molecule has 2 rings (SSSR count). The van der Waals surface area contributed by atoms with Crippen LogP contribution in [-0.4, -0.2) is 22.6 Å². The second kappa shape index (κ2) is 6.54. The molecule has 1 heterocycles. The second-order valence-electron chi connectivity index (χ2n) is 5.73. The molecule has 0 atom stereocenters. The standard InChI is InChI=1S/C16H21N3O2/c1-16(2,3)19-10-12-9-18-15(11-17-12)21-14-7-5-6-13(8-14)20-4/h5-9,11,19H,10H2,1-4H3. The Balaban J connectivity index is 1.98. The molecule has 112 valence electrons. The van der Waals surface area contributed by atoms with Gasteiger partial charge in [0.2, 0.25) is 5.88 Å². The van der Waals surface area contributed by atoms with E-state index < -0.39 is 0 Å². The van der Waals surface area contributed by atoms with E-state index in [0.29, 0.717) is 18.2 Å². The van der Waals surface area contributed by atoms with Gasteiger partial charge in [-0.1, -0.05) is 6.07 Å². The molecule has 5 nitrogen and oxygen atoms in total. The first-order valence-corrected chi connectivity index (χ1v) is 6.84. The van der Waals surface area contributed by atoms with Crippen molar-refractivity contribution in [2.45, 2.75) is 32.9 Å². The summed E-state index contributed by atoms with van der Waals surface area (Å²) in [6.07, 6.45) is 3.34. The molecular weight excluding hydrogens is 266 g/mol. The molecule has 0 saturated carbocycles. The van der Waals surface area contributed by atoms with Crippen molar-refractivity contribution in [3.63, 3.8) is 0 Å². The molecule has 1 aromatic heterocycles. The second-order valence-corrected chi connectivity index (χ2v) is 5.73. The van der Waals surface area contributed by atoms with Gasteiger partial charge in [-0.05, 0) is 32.9 Å². The molecule has 0 radical (unpaired) electrons. The maximum absolute atomic E-state index is 5.65. The van der Waals surface area contributed by atoms with E-state index in [4.69, 9.17) is 9.47 Å². The molecule has 21 heavy (non-hydrogen) atoms. The number of rotatable bonds is 5. The fourth-order valence-corrected chi connectivity index (χ4v) is 1.63. The summed E-state index contributed by atoms with van der Waals surface area (Å²) >= 11 is 0. The van der Waals surface area contributed by atoms with Gasteiger partial charge in [-0.25, -0.2) is 4.98 Å². The van der Waals surface area contributed by atoms with Crippen LogP contribution < -0.4 is 14.8 Å². The maximum Gasteiger partial charge on any atom is 0.237 e. The van der Waals surface area contributed by atoms with Crippen molar-refractivity contribution in [1.82, 2.24) is 15.3 Å². The average molecular weight is 287 g/mol. The molecule has 0 amide bonds. The number of aromatic nitrogens is 2. The molecule has 0 spiro atoms. The molecule has 0 bridgehead atoms. The van der Waals surface area contributed by atoms with Crippen molar-refractivity contribution in [3.05, 3.63) is 42.4 Å². The van der Waals surface area contributed by atoms with Crippen LogP contribution in [0.25, 0.3) is 0 Å². The first-order chi connectivity index (χ1) is 9.96. The fourth-order valence-electron chi connectivity index (χ4n) is 1.63. The van der Waals surface area contributed by atoms with E-state index in [0.717, 1.165) is 11.4 Å². The Labute approximate surface area is 125 Å². The van der Waals surface area contributed by atoms with Crippen molar-refractivity contribution in [3.8, 4) is 17.4 Å². The first kappa shape index (κ1) is 15.3. The molecule has 0 unspecified atom stereocenters. The van der Waals surface area contributed by atoms with E-state index in [2.05, 4.69) is 36.1 Å². The van der Waals surface area contributed by atoms with E-state index in [1.807, 2.05) is 18.2 Å². The first-order valence-electron chi connectivity index (χ1n) is 6.84. The van der Waals surface area contributed by atoms with Gasteiger partial charge >= 0.3 is 0 Å². The number of benzene rings is 1. The van der Waals surface area contributed by atoms with E-state index in [9.17, 15) is 0 Å². The normalized spacial score (nSPS) is 11.2. The monoisotopic (exact) mass is 287 g/mol. The summed E-state index contributed by atoms with van der Waals surface area (Å²) in [4.78, 5) is 8.60. The smallest absolute Gasteiger partial charge is 0.237 e. The Morgan fingerprint density at radius 1 is 1.10 bits per heavy atom. The van der Waals surface area contributed by atoms with Crippen molar-refractivity contribution in [2.24, 2.45) is 0 Å². The van der Waals surface area contributed by atoms with Crippen molar-refractivity contribution in [2.75, 3.05) is 7.11 Å². The lowest BCUT2D eigenvalue weighted by atomic mass is 10.1. The molecule has 1 N–H and O–H groups in total. The van der Waals surface area contributed by atoms with Crippen LogP contribution in [0, 0.1) is 0 Å². The van der Waals surface area contributed by atoms with Crippen molar-refractivity contribution >= 4 is 0 Å². The number of ether oxygens (including phenoxy) is 2. The van der Waals surface area contributed by atoms with E-state index in [-0.39, 0.29) is 5.54 Å². The summed E-state index contributed by atoms with van der Waals surface area (Å²) in [6.45, 7) is 7.01. The highest BCUT2D eigenvalue weighted by Gasteiger charge is 2.09. The molecule has 0 saturated heterocycles. The number of methoxy groups -OCH3 is 1. The van der Waals surface area contributed by atoms with Crippen LogP contribution in [0.1, 0.15) is 26.5 Å². The quantitative estimate of drug-likeness (QED) is 0.915. The Hall–Kier alpha value is -2.14. The fraction of sp³-hybridized carbons (Fsp3) is 0.375. The van der Waals surface area contributed by atoms with Gasteiger partial charge in [0.05, 0.1) is 25.2 Å². The third kappa shape index (κ3) is 5.04. The molecule has 0 aliphatic rings. The van der Waals surface area contributed by atoms with Gasteiger partial charge in [0.15, 0.2) is 0 Å². The number of nitrogens with one attached hydrogen (secondary N) is 1. The van der Waals surface area contributed by atoms with Gasteiger partial charge < -0.3 is 14.8 Å². The lowest BCUT2D eigenvalue weighted by Crippen LogP contribution is -2.35. The van der Waals surface area contributed by atoms with Gasteiger partial charge in [-0.3, -0.25) is 4.98 Å². The van der Waals surface area contributed by atoms with Crippen LogP contribution in [0.15, 0.2) is 36.7 Å². The van der Waals surface area contributed by atoms with Crippen LogP contribution in [0.5, 0.6) is 17.4 Å². The summed E-state index contributed by atoms with van der Waals surface area (Å²) < 4.78 is 10.8. The molecule has 0 aliphatic carbocycles. The van der Waals surface area contributed by atoms with E-state index >= 15 is 0 Å². The van der Waals surface area contributed by atoms with Crippen LogP contribution in [-0.2, 0) is 6.54 Å². The average Bonchev–Trinajstić information content (AvgIpc) is 2.46. The number of hydrogen-bond donors (Lipinski definition) is 1. The molecule has 0 fully saturated rings. The predicted octanol–water partition coefficient (Wildman–Crippen LogP) is 3.17. The third-order valence-electron chi connectivity index (χ3n) is 2.75. The zero-order valence-electron chi connectivity index (χ0n) is 12.9. The number of nitrogens with zero attached hydrogens (tertiary/aromatic N) is 2. The minimum Gasteiger partial charge on any atom is -0.497 e. The zero-order chi connectivity index (χ0) is 15.3. The SMILES string of the molecule is COc1cccc(Oc2cnc(CNC(C)(C)C)cn2)c1. The maximum atomic E-state index is 5.65. The lowest BCUT2D eigenvalue weighted by Gasteiger charge is -2.19. The summed E-state index contributed by atoms with van der Waals surface area (Å²) in [5.41, 5.74) is 0.931. The molecular formula is C16H21N3O2. The minimum atomic E-state index is 0.0530. The van der Waals surface area contributed by atoms with Crippen LogP contribution in [0.4, 0.5) is 0 Å². The van der Waals surface area contributed by atoms with Crippen LogP contribution >= 0.6 is 0 Å². The summed E-state index contributed by atoms with van der Waals surface area (Å²) in [7, 11) is 1.62. The highest BCUT2D eigenvalue weighted by atomic mass is 16.5. The molecule has 0 aliphatic heterocycles. The van der Waals surface area contributed by atoms with Gasteiger partial charge in [0, 0.05) is 18.2 Å². The predicted molar refractivity (Wildman–Crippen MR) is 81.7 cm³/mol. The van der Waals surface area contributed by atoms with Crippen LogP contribution in [0.2, 0.25) is 0 Å². The van der Waals surface area contributed by atoms with Crippen molar-refractivity contribution < 1.29 is 9.47 Å². The van der Waals surface area contributed by atoms with Gasteiger partial charge in [-0.15, -0.1) is 0 Å². The Bertz CT molecular complexity index is 577. The third-order valence-corrected chi connectivity index (χ3v) is 2.75. The Morgan fingerprint density at radius 2 is 1.86 bits per heavy atom. The van der Waals surface area contributed by atoms with Gasteiger partial charge in [-0.2, -0.15) is 0 Å². The van der Waals surface area contributed by atoms with E-state index in [1.54, 1.807) is 25.6 Å². The Morgan fingerprint density at radius 3 is 2.48 bits per heavy atom. The van der Waals surface area contributed by atoms with E-state index in [1.165, 1.54) is 0 Å². The summed E-state index contributed by atoms with van der Waals surface area (Å²) in [5.74, 6) is 1.87. The van der Waals surface area contributed by atoms with Gasteiger partial charge in [0.1, 0.15) is 11.5 Å². The topological polar surface area (TPSA) is 56.3 Å². The number of hydrogen-bond acceptors (Lipinski definition) is 5. The van der Waals surface area contributed by atoms with Gasteiger partial charge in [0.25, 0.3) is 0 Å². The highest BCUT2D eigenvalue weighted by molar-refractivity contribution is 5.34. The van der Waals surface area contributed by atoms with Crippen LogP contribution in [0.3, 0.4) is 0 Å². The minimum absolute atomic E-state index is 0.0530. The largest absolute Gasteiger partial charge is 0.497 e. The lowest BCUT2D eigenvalue weighted by molar-refractivity contribution is 0.406. The zero-order valence-corrected chi connectivity index (χ0v) is 12.9. The summed E-state index contributed by atoms with van der Waals surface area (Å²) in [6, 6.07) is 7.37. The Kier molecular flexibility index (Phi) is 4.75. The molecule has 5 heteroatoms.